The van der Waals surface area contributed by atoms with Crippen molar-refractivity contribution in [3.63, 3.8) is 0 Å². The second-order valence-corrected chi connectivity index (χ2v) is 9.61. The van der Waals surface area contributed by atoms with Gasteiger partial charge in [-0.25, -0.2) is 9.07 Å². The van der Waals surface area contributed by atoms with Crippen LogP contribution in [0.5, 0.6) is 17.2 Å². The van der Waals surface area contributed by atoms with Gasteiger partial charge in [-0.1, -0.05) is 41.4 Å². The summed E-state index contributed by atoms with van der Waals surface area (Å²) in [5, 5.41) is 11.0. The molecule has 1 amide bonds. The maximum Gasteiger partial charge on any atom is 0.255 e. The lowest BCUT2D eigenvalue weighted by atomic mass is 9.95. The maximum atomic E-state index is 14.1. The number of fused-ring (bicyclic) bond motifs is 1. The van der Waals surface area contributed by atoms with E-state index in [9.17, 15) is 9.18 Å². The zero-order valence-electron chi connectivity index (χ0n) is 21.7. The molecule has 0 spiro atoms. The molecule has 1 unspecified atom stereocenters. The van der Waals surface area contributed by atoms with Crippen LogP contribution in [0.25, 0.3) is 0 Å². The average Bonchev–Trinajstić information content (AvgIpc) is 3.41. The lowest BCUT2D eigenvalue weighted by molar-refractivity contribution is -0.113. The summed E-state index contributed by atoms with van der Waals surface area (Å²) in [6, 6.07) is 14.1. The molecule has 1 aromatic heterocycles. The van der Waals surface area contributed by atoms with Crippen molar-refractivity contribution in [2.45, 2.75) is 19.6 Å². The minimum Gasteiger partial charge on any atom is -0.495 e. The van der Waals surface area contributed by atoms with Crippen LogP contribution in [-0.4, -0.2) is 34.9 Å². The molecule has 40 heavy (non-hydrogen) atoms. The van der Waals surface area contributed by atoms with Crippen LogP contribution in [0, 0.1) is 5.82 Å². The topological polar surface area (TPSA) is 99.5 Å². The molecule has 206 valence electrons. The fourth-order valence-corrected chi connectivity index (χ4v) is 4.86. The Morgan fingerprint density at radius 1 is 1.07 bits per heavy atom. The van der Waals surface area contributed by atoms with Crippen LogP contribution >= 0.6 is 23.2 Å². The molecule has 1 atom stereocenters. The number of benzene rings is 3. The van der Waals surface area contributed by atoms with E-state index in [-0.39, 0.29) is 17.2 Å². The van der Waals surface area contributed by atoms with Gasteiger partial charge in [-0.05, 0) is 36.8 Å². The van der Waals surface area contributed by atoms with Crippen molar-refractivity contribution in [2.24, 2.45) is 0 Å². The zero-order valence-corrected chi connectivity index (χ0v) is 23.2. The number of allylic oxidation sites excluding steroid dienone is 1. The fraction of sp³-hybridized carbons (Fsp3) is 0.179. The summed E-state index contributed by atoms with van der Waals surface area (Å²) in [6.45, 7) is 1.75. The summed E-state index contributed by atoms with van der Waals surface area (Å²) in [4.78, 5) is 18.0. The molecule has 5 rings (SSSR count). The molecule has 0 saturated heterocycles. The Morgan fingerprint density at radius 3 is 2.52 bits per heavy atom. The van der Waals surface area contributed by atoms with Gasteiger partial charge in [-0.15, -0.1) is 0 Å². The number of carbonyl (C=O) groups is 1. The number of hydrogen-bond acceptors (Lipinski definition) is 7. The number of rotatable bonds is 8. The predicted molar refractivity (Wildman–Crippen MR) is 150 cm³/mol. The molecule has 0 saturated carbocycles. The molecule has 9 nitrogen and oxygen atoms in total. The van der Waals surface area contributed by atoms with E-state index in [1.807, 2.05) is 12.1 Å². The molecule has 0 radical (unpaired) electrons. The van der Waals surface area contributed by atoms with Crippen molar-refractivity contribution in [2.75, 3.05) is 24.9 Å². The van der Waals surface area contributed by atoms with Crippen LogP contribution in [0.4, 0.5) is 16.0 Å². The Bertz CT molecular complexity index is 1590. The van der Waals surface area contributed by atoms with Crippen molar-refractivity contribution < 1.29 is 23.4 Å². The minimum absolute atomic E-state index is 0.0372. The van der Waals surface area contributed by atoms with E-state index in [0.29, 0.717) is 45.2 Å². The molecular formula is C28H24Cl2FN5O4. The van der Waals surface area contributed by atoms with Crippen molar-refractivity contribution in [3.8, 4) is 17.2 Å². The molecule has 2 heterocycles. The number of nitrogens with one attached hydrogen (secondary N) is 2. The normalized spacial score (nSPS) is 14.3. The van der Waals surface area contributed by atoms with Gasteiger partial charge in [0.1, 0.15) is 42.0 Å². The van der Waals surface area contributed by atoms with Crippen molar-refractivity contribution in [1.29, 1.82) is 0 Å². The van der Waals surface area contributed by atoms with Crippen molar-refractivity contribution in [1.82, 2.24) is 14.8 Å². The average molecular weight is 584 g/mol. The van der Waals surface area contributed by atoms with Gasteiger partial charge in [0.25, 0.3) is 5.91 Å². The van der Waals surface area contributed by atoms with Crippen LogP contribution in [0.2, 0.25) is 10.0 Å². The number of hydrogen-bond donors (Lipinski definition) is 2. The summed E-state index contributed by atoms with van der Waals surface area (Å²) < 4.78 is 32.3. The van der Waals surface area contributed by atoms with E-state index in [4.69, 9.17) is 37.4 Å². The van der Waals surface area contributed by atoms with Gasteiger partial charge in [0.15, 0.2) is 0 Å². The number of methoxy groups -OCH3 is 2. The predicted octanol–water partition coefficient (Wildman–Crippen LogP) is 6.25. The van der Waals surface area contributed by atoms with Gasteiger partial charge in [-0.2, -0.15) is 10.1 Å². The van der Waals surface area contributed by atoms with Gasteiger partial charge in [0.05, 0.1) is 35.5 Å². The van der Waals surface area contributed by atoms with Gasteiger partial charge >= 0.3 is 0 Å². The quantitative estimate of drug-likeness (QED) is 0.253. The summed E-state index contributed by atoms with van der Waals surface area (Å²) >= 11 is 12.3. The summed E-state index contributed by atoms with van der Waals surface area (Å²) in [5.41, 5.74) is 2.39. The Labute approximate surface area is 239 Å². The first-order valence-electron chi connectivity index (χ1n) is 12.1. The third kappa shape index (κ3) is 5.28. The summed E-state index contributed by atoms with van der Waals surface area (Å²) in [6.07, 6.45) is 1.41. The number of ether oxygens (including phenoxy) is 3. The standard InChI is InChI=1S/C28H24Cl2FN5O4/c1-15-25(27(37)35-22-12-23(38-2)20(30)11-24(22)39-3)26(36-28(34-15)32-14-33-36)16-7-9-17(10-8-16)40-13-18-19(29)5-4-6-21(18)31/h4-12,14,26H,13H2,1-3H3,(H,35,37)(H,32,33,34). The first kappa shape index (κ1) is 27.3. The molecule has 2 N–H and O–H groups in total. The molecule has 0 bridgehead atoms. The second-order valence-electron chi connectivity index (χ2n) is 8.79. The molecule has 1 aliphatic rings. The van der Waals surface area contributed by atoms with E-state index >= 15 is 0 Å². The van der Waals surface area contributed by atoms with Crippen LogP contribution in [0.3, 0.4) is 0 Å². The third-order valence-electron chi connectivity index (χ3n) is 6.40. The van der Waals surface area contributed by atoms with Crippen molar-refractivity contribution in [3.05, 3.63) is 99.2 Å². The molecule has 4 aromatic rings. The van der Waals surface area contributed by atoms with E-state index < -0.39 is 17.8 Å². The number of halogens is 3. The number of carbonyl (C=O) groups excluding carboxylic acids is 1. The molecule has 3 aromatic carbocycles. The van der Waals surface area contributed by atoms with Crippen LogP contribution < -0.4 is 24.8 Å². The SMILES string of the molecule is COc1cc(NC(=O)C2=C(C)Nc3ncnn3C2c2ccc(OCc3c(F)cccc3Cl)cc2)c(OC)cc1Cl. The maximum absolute atomic E-state index is 14.1. The van der Waals surface area contributed by atoms with Crippen molar-refractivity contribution >= 4 is 40.7 Å². The Kier molecular flexibility index (Phi) is 7.81. The minimum atomic E-state index is -0.617. The summed E-state index contributed by atoms with van der Waals surface area (Å²) in [5.74, 6) is 0.903. The molecule has 0 fully saturated rings. The van der Waals surface area contributed by atoms with E-state index in [1.165, 1.54) is 32.7 Å². The van der Waals surface area contributed by atoms with Gasteiger partial charge in [-0.3, -0.25) is 4.79 Å². The highest BCUT2D eigenvalue weighted by Crippen LogP contribution is 2.39. The lowest BCUT2D eigenvalue weighted by Crippen LogP contribution is -2.31. The second kappa shape index (κ2) is 11.4. The van der Waals surface area contributed by atoms with Crippen LogP contribution in [0.15, 0.2) is 72.2 Å². The largest absolute Gasteiger partial charge is 0.495 e. The third-order valence-corrected chi connectivity index (χ3v) is 7.05. The smallest absolute Gasteiger partial charge is 0.255 e. The zero-order chi connectivity index (χ0) is 28.4. The van der Waals surface area contributed by atoms with E-state index in [2.05, 4.69) is 20.7 Å². The van der Waals surface area contributed by atoms with E-state index in [1.54, 1.807) is 41.9 Å². The number of anilines is 2. The van der Waals surface area contributed by atoms with Gasteiger partial charge < -0.3 is 24.8 Å². The lowest BCUT2D eigenvalue weighted by Gasteiger charge is -2.29. The highest BCUT2D eigenvalue weighted by atomic mass is 35.5. The Morgan fingerprint density at radius 2 is 1.82 bits per heavy atom. The number of nitrogens with zero attached hydrogens (tertiary/aromatic N) is 3. The molecular weight excluding hydrogens is 560 g/mol. The number of amides is 1. The Balaban J connectivity index is 1.44. The first-order chi connectivity index (χ1) is 19.3. The van der Waals surface area contributed by atoms with Crippen LogP contribution in [-0.2, 0) is 11.4 Å². The van der Waals surface area contributed by atoms with E-state index in [0.717, 1.165) is 5.56 Å². The number of aromatic nitrogens is 3. The van der Waals surface area contributed by atoms with Gasteiger partial charge in [0, 0.05) is 23.4 Å². The monoisotopic (exact) mass is 583 g/mol. The van der Waals surface area contributed by atoms with Crippen LogP contribution in [0.1, 0.15) is 24.1 Å². The molecule has 12 heteroatoms. The molecule has 0 aliphatic carbocycles. The fourth-order valence-electron chi connectivity index (χ4n) is 4.41. The van der Waals surface area contributed by atoms with Gasteiger partial charge in [0.2, 0.25) is 5.95 Å². The first-order valence-corrected chi connectivity index (χ1v) is 12.8. The highest BCUT2D eigenvalue weighted by Gasteiger charge is 2.34. The molecule has 1 aliphatic heterocycles. The Hall–Kier alpha value is -4.28. The summed E-state index contributed by atoms with van der Waals surface area (Å²) in [7, 11) is 2.96. The highest BCUT2D eigenvalue weighted by molar-refractivity contribution is 6.32.